The molecule has 1 aromatic rings. The largest absolute Gasteiger partial charge is 0.493 e. The fourth-order valence-electron chi connectivity index (χ4n) is 2.42. The molecule has 1 saturated carbocycles. The molecule has 1 aliphatic rings. The molecule has 0 unspecified atom stereocenters. The van der Waals surface area contributed by atoms with E-state index < -0.39 is 0 Å². The van der Waals surface area contributed by atoms with Gasteiger partial charge in [0.05, 0.1) is 13.7 Å². The van der Waals surface area contributed by atoms with Crippen LogP contribution in [0, 0.1) is 5.92 Å². The molecule has 0 bridgehead atoms. The van der Waals surface area contributed by atoms with Crippen molar-refractivity contribution < 1.29 is 9.47 Å². The van der Waals surface area contributed by atoms with Gasteiger partial charge in [-0.05, 0) is 43.5 Å². The van der Waals surface area contributed by atoms with Crippen LogP contribution in [-0.2, 0) is 6.54 Å². The third-order valence-corrected chi connectivity index (χ3v) is 3.81. The van der Waals surface area contributed by atoms with Gasteiger partial charge in [0, 0.05) is 6.54 Å². The summed E-state index contributed by atoms with van der Waals surface area (Å²) >= 11 is 0. The quantitative estimate of drug-likeness (QED) is 0.729. The zero-order valence-corrected chi connectivity index (χ0v) is 12.1. The SMILES string of the molecule is CCOc1cc(CNCCC2CCC2)ccc1OC. The minimum absolute atomic E-state index is 0.662. The first-order valence-electron chi connectivity index (χ1n) is 7.34. The summed E-state index contributed by atoms with van der Waals surface area (Å²) in [6.07, 6.45) is 5.60. The number of hydrogen-bond acceptors (Lipinski definition) is 3. The van der Waals surface area contributed by atoms with Gasteiger partial charge >= 0.3 is 0 Å². The maximum absolute atomic E-state index is 5.59. The number of methoxy groups -OCH3 is 1. The molecule has 0 heterocycles. The average Bonchev–Trinajstić information content (AvgIpc) is 2.37. The molecule has 1 aromatic carbocycles. The predicted molar refractivity (Wildman–Crippen MR) is 77.8 cm³/mol. The van der Waals surface area contributed by atoms with Gasteiger partial charge in [-0.25, -0.2) is 0 Å². The standard InChI is InChI=1S/C16H25NO2/c1-3-19-16-11-14(7-8-15(16)18-2)12-17-10-9-13-5-4-6-13/h7-8,11,13,17H,3-6,9-10,12H2,1-2H3. The number of hydrogen-bond donors (Lipinski definition) is 1. The molecular weight excluding hydrogens is 238 g/mol. The van der Waals surface area contributed by atoms with E-state index in [4.69, 9.17) is 9.47 Å². The minimum atomic E-state index is 0.662. The van der Waals surface area contributed by atoms with E-state index in [1.54, 1.807) is 7.11 Å². The van der Waals surface area contributed by atoms with Crippen LogP contribution in [0.1, 0.15) is 38.2 Å². The van der Waals surface area contributed by atoms with Crippen molar-refractivity contribution in [3.8, 4) is 11.5 Å². The highest BCUT2D eigenvalue weighted by Crippen LogP contribution is 2.29. The van der Waals surface area contributed by atoms with E-state index in [0.717, 1.165) is 30.5 Å². The first kappa shape index (κ1) is 14.2. The molecule has 0 aliphatic heterocycles. The molecule has 0 aromatic heterocycles. The lowest BCUT2D eigenvalue weighted by Crippen LogP contribution is -2.21. The summed E-state index contributed by atoms with van der Waals surface area (Å²) in [5.74, 6) is 2.62. The monoisotopic (exact) mass is 263 g/mol. The Kier molecular flexibility index (Phi) is 5.52. The zero-order chi connectivity index (χ0) is 13.5. The smallest absolute Gasteiger partial charge is 0.161 e. The molecule has 1 N–H and O–H groups in total. The third kappa shape index (κ3) is 4.13. The molecule has 3 nitrogen and oxygen atoms in total. The fourth-order valence-corrected chi connectivity index (χ4v) is 2.42. The Hall–Kier alpha value is -1.22. The molecule has 106 valence electrons. The summed E-state index contributed by atoms with van der Waals surface area (Å²) in [6, 6.07) is 6.14. The summed E-state index contributed by atoms with van der Waals surface area (Å²) in [4.78, 5) is 0. The van der Waals surface area contributed by atoms with Gasteiger partial charge in [0.25, 0.3) is 0 Å². The van der Waals surface area contributed by atoms with Crippen LogP contribution in [0.4, 0.5) is 0 Å². The molecule has 0 amide bonds. The van der Waals surface area contributed by atoms with Crippen molar-refractivity contribution in [1.82, 2.24) is 5.32 Å². The minimum Gasteiger partial charge on any atom is -0.493 e. The molecule has 1 fully saturated rings. The van der Waals surface area contributed by atoms with Crippen LogP contribution in [0.5, 0.6) is 11.5 Å². The van der Waals surface area contributed by atoms with Gasteiger partial charge in [-0.2, -0.15) is 0 Å². The number of ether oxygens (including phenoxy) is 2. The summed E-state index contributed by atoms with van der Waals surface area (Å²) in [5.41, 5.74) is 1.25. The lowest BCUT2D eigenvalue weighted by atomic mass is 9.83. The van der Waals surface area contributed by atoms with E-state index in [9.17, 15) is 0 Å². The maximum Gasteiger partial charge on any atom is 0.161 e. The third-order valence-electron chi connectivity index (χ3n) is 3.81. The number of nitrogens with one attached hydrogen (secondary N) is 1. The fraction of sp³-hybridized carbons (Fsp3) is 0.625. The van der Waals surface area contributed by atoms with E-state index in [1.165, 1.54) is 31.2 Å². The molecule has 1 aliphatic carbocycles. The average molecular weight is 263 g/mol. The molecule has 0 radical (unpaired) electrons. The highest BCUT2D eigenvalue weighted by molar-refractivity contribution is 5.42. The first-order chi connectivity index (χ1) is 9.33. The van der Waals surface area contributed by atoms with Crippen molar-refractivity contribution in [2.24, 2.45) is 5.92 Å². The molecule has 0 saturated heterocycles. The maximum atomic E-state index is 5.59. The Morgan fingerprint density at radius 3 is 2.74 bits per heavy atom. The lowest BCUT2D eigenvalue weighted by molar-refractivity contribution is 0.292. The van der Waals surface area contributed by atoms with Gasteiger partial charge in [-0.1, -0.05) is 25.3 Å². The lowest BCUT2D eigenvalue weighted by Gasteiger charge is -2.25. The van der Waals surface area contributed by atoms with Gasteiger partial charge in [0.15, 0.2) is 11.5 Å². The van der Waals surface area contributed by atoms with Crippen LogP contribution in [0.3, 0.4) is 0 Å². The molecular formula is C16H25NO2. The Bertz CT molecular complexity index is 388. The Balaban J connectivity index is 1.79. The van der Waals surface area contributed by atoms with E-state index in [2.05, 4.69) is 17.4 Å². The van der Waals surface area contributed by atoms with Gasteiger partial charge in [-0.15, -0.1) is 0 Å². The second kappa shape index (κ2) is 7.39. The van der Waals surface area contributed by atoms with Crippen molar-refractivity contribution in [3.05, 3.63) is 23.8 Å². The van der Waals surface area contributed by atoms with Gasteiger partial charge < -0.3 is 14.8 Å². The topological polar surface area (TPSA) is 30.5 Å². The zero-order valence-electron chi connectivity index (χ0n) is 12.1. The van der Waals surface area contributed by atoms with E-state index in [-0.39, 0.29) is 0 Å². The van der Waals surface area contributed by atoms with Crippen molar-refractivity contribution in [3.63, 3.8) is 0 Å². The Labute approximate surface area is 116 Å². The van der Waals surface area contributed by atoms with Crippen molar-refractivity contribution in [2.45, 2.75) is 39.2 Å². The van der Waals surface area contributed by atoms with Crippen LogP contribution < -0.4 is 14.8 Å². The van der Waals surface area contributed by atoms with Gasteiger partial charge in [0.1, 0.15) is 0 Å². The first-order valence-corrected chi connectivity index (χ1v) is 7.34. The van der Waals surface area contributed by atoms with Crippen molar-refractivity contribution in [2.75, 3.05) is 20.3 Å². The van der Waals surface area contributed by atoms with Crippen LogP contribution in [-0.4, -0.2) is 20.3 Å². The summed E-state index contributed by atoms with van der Waals surface area (Å²) in [5, 5.41) is 3.51. The summed E-state index contributed by atoms with van der Waals surface area (Å²) in [6.45, 7) is 4.66. The second-order valence-electron chi connectivity index (χ2n) is 5.18. The highest BCUT2D eigenvalue weighted by Gasteiger charge is 2.16. The molecule has 0 atom stereocenters. The van der Waals surface area contributed by atoms with Gasteiger partial charge in [0.2, 0.25) is 0 Å². The van der Waals surface area contributed by atoms with Crippen LogP contribution in [0.15, 0.2) is 18.2 Å². The molecule has 2 rings (SSSR count). The molecule has 3 heteroatoms. The van der Waals surface area contributed by atoms with E-state index >= 15 is 0 Å². The number of rotatable bonds is 8. The Morgan fingerprint density at radius 2 is 2.11 bits per heavy atom. The normalized spacial score (nSPS) is 15.1. The Morgan fingerprint density at radius 1 is 1.26 bits per heavy atom. The number of benzene rings is 1. The molecule has 0 spiro atoms. The second-order valence-corrected chi connectivity index (χ2v) is 5.18. The highest BCUT2D eigenvalue weighted by atomic mass is 16.5. The predicted octanol–water partition coefficient (Wildman–Crippen LogP) is 3.37. The van der Waals surface area contributed by atoms with Crippen molar-refractivity contribution in [1.29, 1.82) is 0 Å². The van der Waals surface area contributed by atoms with Crippen LogP contribution >= 0.6 is 0 Å². The van der Waals surface area contributed by atoms with Crippen molar-refractivity contribution >= 4 is 0 Å². The summed E-state index contributed by atoms with van der Waals surface area (Å²) in [7, 11) is 1.67. The van der Waals surface area contributed by atoms with Crippen LogP contribution in [0.2, 0.25) is 0 Å². The van der Waals surface area contributed by atoms with Crippen LogP contribution in [0.25, 0.3) is 0 Å². The van der Waals surface area contributed by atoms with Gasteiger partial charge in [-0.3, -0.25) is 0 Å². The molecule has 19 heavy (non-hydrogen) atoms. The van der Waals surface area contributed by atoms with E-state index in [0.29, 0.717) is 6.61 Å². The van der Waals surface area contributed by atoms with E-state index in [1.807, 2.05) is 13.0 Å². The summed E-state index contributed by atoms with van der Waals surface area (Å²) < 4.78 is 10.9.